The van der Waals surface area contributed by atoms with Gasteiger partial charge in [-0.25, -0.2) is 0 Å². The van der Waals surface area contributed by atoms with Crippen LogP contribution >= 0.6 is 0 Å². The summed E-state index contributed by atoms with van der Waals surface area (Å²) in [6.45, 7) is 4.86. The first kappa shape index (κ1) is 20.5. The van der Waals surface area contributed by atoms with E-state index in [1.165, 1.54) is 12.8 Å². The van der Waals surface area contributed by atoms with Crippen LogP contribution in [0.3, 0.4) is 0 Å². The molecule has 0 aromatic carbocycles. The average molecular weight is 369 g/mol. The van der Waals surface area contributed by atoms with Crippen molar-refractivity contribution < 1.29 is 19.1 Å². The molecule has 5 heteroatoms. The van der Waals surface area contributed by atoms with Crippen molar-refractivity contribution >= 4 is 19.3 Å². The molecular weight excluding hydrogens is 332 g/mol. The summed E-state index contributed by atoms with van der Waals surface area (Å²) in [7, 11) is -3.00. The Morgan fingerprint density at radius 2 is 1.08 bits per heavy atom. The van der Waals surface area contributed by atoms with Crippen molar-refractivity contribution in [3.8, 4) is 0 Å². The van der Waals surface area contributed by atoms with Crippen LogP contribution in [0.5, 0.6) is 0 Å². The molecule has 144 valence electrons. The van der Waals surface area contributed by atoms with Gasteiger partial charge in [0.15, 0.2) is 0 Å². The van der Waals surface area contributed by atoms with E-state index in [2.05, 4.69) is 0 Å². The van der Waals surface area contributed by atoms with Crippen molar-refractivity contribution in [2.75, 3.05) is 13.2 Å². The minimum absolute atomic E-state index is 0.158. The lowest BCUT2D eigenvalue weighted by atomic mass is 9.99. The van der Waals surface area contributed by atoms with E-state index in [9.17, 15) is 9.59 Å². The number of rotatable bonds is 8. The Hall–Kier alpha value is -0.843. The molecule has 0 amide bonds. The Morgan fingerprint density at radius 3 is 1.40 bits per heavy atom. The first-order valence-corrected chi connectivity index (χ1v) is 12.7. The molecule has 0 bridgehead atoms. The molecule has 0 aromatic heterocycles. The molecule has 0 atom stereocenters. The average Bonchev–Trinajstić information content (AvgIpc) is 2.67. The smallest absolute Gasteiger partial charge is 0.317 e. The van der Waals surface area contributed by atoms with E-state index < -0.39 is 8.07 Å². The van der Waals surface area contributed by atoms with Crippen LogP contribution in [0.4, 0.5) is 9.59 Å². The lowest BCUT2D eigenvalue weighted by molar-refractivity contribution is 0.157. The van der Waals surface area contributed by atoms with Crippen LogP contribution in [-0.2, 0) is 9.47 Å². The third kappa shape index (κ3) is 4.66. The fourth-order valence-electron chi connectivity index (χ4n) is 4.83. The van der Waals surface area contributed by atoms with E-state index in [-0.39, 0.29) is 22.3 Å². The van der Waals surface area contributed by atoms with Gasteiger partial charge in [0, 0.05) is 0 Å². The van der Waals surface area contributed by atoms with Crippen LogP contribution in [0.15, 0.2) is 0 Å². The predicted molar refractivity (Wildman–Crippen MR) is 103 cm³/mol. The van der Waals surface area contributed by atoms with Gasteiger partial charge in [-0.2, -0.15) is 0 Å². The van der Waals surface area contributed by atoms with Crippen LogP contribution in [-0.4, -0.2) is 32.5 Å². The van der Waals surface area contributed by atoms with Crippen LogP contribution < -0.4 is 0 Å². The van der Waals surface area contributed by atoms with E-state index in [1.54, 1.807) is 0 Å². The van der Waals surface area contributed by atoms with Gasteiger partial charge in [-0.1, -0.05) is 78.1 Å². The summed E-state index contributed by atoms with van der Waals surface area (Å²) < 4.78 is 11.4. The van der Waals surface area contributed by atoms with Gasteiger partial charge in [-0.05, 0) is 23.9 Å². The monoisotopic (exact) mass is 368 g/mol. The molecule has 2 rings (SSSR count). The van der Waals surface area contributed by atoms with Crippen molar-refractivity contribution in [3.63, 3.8) is 0 Å². The highest BCUT2D eigenvalue weighted by molar-refractivity contribution is 7.25. The Bertz CT molecular complexity index is 385. The van der Waals surface area contributed by atoms with Crippen LogP contribution in [0.1, 0.15) is 90.9 Å². The third-order valence-corrected chi connectivity index (χ3v) is 11.4. The first-order valence-electron chi connectivity index (χ1n) is 10.5. The first-order chi connectivity index (χ1) is 12.2. The van der Waals surface area contributed by atoms with Crippen molar-refractivity contribution in [2.45, 2.75) is 102 Å². The second-order valence-corrected chi connectivity index (χ2v) is 12.0. The maximum absolute atomic E-state index is 13.4. The highest BCUT2D eigenvalue weighted by Gasteiger charge is 2.63. The minimum Gasteiger partial charge on any atom is -0.470 e. The predicted octanol–water partition coefficient (Wildman–Crippen LogP) is 6.36. The number of carbonyl (C=O) groups is 2. The van der Waals surface area contributed by atoms with Crippen molar-refractivity contribution in [1.29, 1.82) is 0 Å². The SMILES string of the molecule is CCCOC(=O)[Si](C(=O)OCCC)(C1CCCCC1)C1CCCCC1. The second-order valence-electron chi connectivity index (χ2n) is 7.81. The molecule has 0 spiro atoms. The minimum atomic E-state index is -3.00. The molecule has 2 fully saturated rings. The van der Waals surface area contributed by atoms with E-state index >= 15 is 0 Å². The van der Waals surface area contributed by atoms with Gasteiger partial charge >= 0.3 is 8.07 Å². The van der Waals surface area contributed by atoms with Crippen LogP contribution in [0.25, 0.3) is 0 Å². The van der Waals surface area contributed by atoms with Gasteiger partial charge in [-0.3, -0.25) is 9.59 Å². The highest BCUT2D eigenvalue weighted by Crippen LogP contribution is 2.50. The summed E-state index contributed by atoms with van der Waals surface area (Å²) in [4.78, 5) is 26.7. The fraction of sp³-hybridized carbons (Fsp3) is 0.900. The third-order valence-electron chi connectivity index (χ3n) is 6.05. The topological polar surface area (TPSA) is 52.6 Å². The van der Waals surface area contributed by atoms with Gasteiger partial charge in [0.2, 0.25) is 0 Å². The van der Waals surface area contributed by atoms with Gasteiger partial charge in [-0.15, -0.1) is 0 Å². The summed E-state index contributed by atoms with van der Waals surface area (Å²) >= 11 is 0. The number of hydrogen-bond donors (Lipinski definition) is 0. The Morgan fingerprint density at radius 1 is 0.720 bits per heavy atom. The Labute approximate surface area is 154 Å². The van der Waals surface area contributed by atoms with Crippen molar-refractivity contribution in [1.82, 2.24) is 0 Å². The van der Waals surface area contributed by atoms with Gasteiger partial charge < -0.3 is 9.47 Å². The zero-order valence-electron chi connectivity index (χ0n) is 16.2. The number of ether oxygens (including phenoxy) is 2. The van der Waals surface area contributed by atoms with Crippen LogP contribution in [0.2, 0.25) is 11.1 Å². The normalized spacial score (nSPS) is 20.2. The molecule has 2 saturated carbocycles. The van der Waals surface area contributed by atoms with Gasteiger partial charge in [0.05, 0.1) is 13.2 Å². The molecule has 0 aliphatic heterocycles. The molecule has 2 aliphatic carbocycles. The quantitative estimate of drug-likeness (QED) is 0.468. The van der Waals surface area contributed by atoms with Crippen molar-refractivity contribution in [3.05, 3.63) is 0 Å². The molecule has 4 nitrogen and oxygen atoms in total. The Kier molecular flexibility index (Phi) is 8.47. The van der Waals surface area contributed by atoms with E-state index in [0.29, 0.717) is 13.2 Å². The maximum atomic E-state index is 13.4. The van der Waals surface area contributed by atoms with E-state index in [0.717, 1.165) is 64.2 Å². The summed E-state index contributed by atoms with van der Waals surface area (Å²) in [6, 6.07) is 0. The van der Waals surface area contributed by atoms with Crippen molar-refractivity contribution in [2.24, 2.45) is 0 Å². The molecule has 0 radical (unpaired) electrons. The summed E-state index contributed by atoms with van der Waals surface area (Å²) in [6.07, 6.45) is 12.6. The van der Waals surface area contributed by atoms with Gasteiger partial charge in [0.1, 0.15) is 0 Å². The molecular formula is C20H36O4Si. The second kappa shape index (κ2) is 10.3. The molecule has 2 aliphatic rings. The lowest BCUT2D eigenvalue weighted by Crippen LogP contribution is -2.61. The maximum Gasteiger partial charge on any atom is 0.317 e. The Balaban J connectivity index is 2.37. The molecule has 0 saturated heterocycles. The molecule has 0 heterocycles. The van der Waals surface area contributed by atoms with E-state index in [4.69, 9.17) is 9.47 Å². The summed E-state index contributed by atoms with van der Waals surface area (Å²) in [5.41, 5.74) is 0.125. The summed E-state index contributed by atoms with van der Waals surface area (Å²) in [5.74, 6) is 0. The standard InChI is InChI=1S/C20H36O4Si/c1-3-15-23-19(21)25(20(22)24-16-4-2,17-11-7-5-8-12-17)18-13-9-6-10-14-18/h17-18H,3-16H2,1-2H3. The van der Waals surface area contributed by atoms with E-state index in [1.807, 2.05) is 13.8 Å². The lowest BCUT2D eigenvalue weighted by Gasteiger charge is -2.42. The molecule has 0 N–H and O–H groups in total. The molecule has 25 heavy (non-hydrogen) atoms. The largest absolute Gasteiger partial charge is 0.470 e. The fourth-order valence-corrected chi connectivity index (χ4v) is 10.3. The number of carbonyl (C=O) groups excluding carboxylic acids is 2. The van der Waals surface area contributed by atoms with Gasteiger partial charge in [0.25, 0.3) is 11.2 Å². The molecule has 0 unspecified atom stereocenters. The molecule has 0 aromatic rings. The van der Waals surface area contributed by atoms with Crippen LogP contribution in [0, 0.1) is 0 Å². The highest BCUT2D eigenvalue weighted by atomic mass is 28.3. The zero-order valence-corrected chi connectivity index (χ0v) is 17.2. The summed E-state index contributed by atoms with van der Waals surface area (Å²) in [5, 5.41) is 0. The number of hydrogen-bond acceptors (Lipinski definition) is 4. The zero-order chi connectivity index (χ0) is 18.1.